The highest BCUT2D eigenvalue weighted by Crippen LogP contribution is 2.26. The fraction of sp³-hybridized carbons (Fsp3) is 0.429. The Hall–Kier alpha value is -1.56. The Kier molecular flexibility index (Phi) is 3.65. The van der Waals surface area contributed by atoms with Gasteiger partial charge in [0.25, 0.3) is 5.91 Å². The number of nitrogens with one attached hydrogen (secondary N) is 1. The van der Waals surface area contributed by atoms with Crippen LogP contribution in [0.4, 0.5) is 0 Å². The number of hydrogen-bond donors (Lipinski definition) is 1. The zero-order valence-corrected chi connectivity index (χ0v) is 12.9. The molecule has 6 heteroatoms. The van der Waals surface area contributed by atoms with E-state index in [0.717, 1.165) is 41.9 Å². The summed E-state index contributed by atoms with van der Waals surface area (Å²) >= 11 is 3.41. The zero-order valence-electron chi connectivity index (χ0n) is 11.3. The van der Waals surface area contributed by atoms with Crippen LogP contribution in [0.5, 0.6) is 0 Å². The molecule has 3 rings (SSSR count). The quantitative estimate of drug-likeness (QED) is 0.916. The van der Waals surface area contributed by atoms with Crippen molar-refractivity contribution in [2.75, 3.05) is 13.1 Å². The van der Waals surface area contributed by atoms with Crippen LogP contribution in [0.15, 0.2) is 29.1 Å². The first-order valence-electron chi connectivity index (χ1n) is 6.75. The van der Waals surface area contributed by atoms with E-state index >= 15 is 0 Å². The third-order valence-corrected chi connectivity index (χ3v) is 4.24. The Labute approximate surface area is 126 Å². The molecule has 0 bridgehead atoms. The van der Waals surface area contributed by atoms with E-state index < -0.39 is 0 Å². The zero-order chi connectivity index (χ0) is 14.1. The number of hydrogen-bond acceptors (Lipinski definition) is 2. The molecule has 0 saturated carbocycles. The molecule has 20 heavy (non-hydrogen) atoms. The topological polar surface area (TPSA) is 53.9 Å². The standard InChI is InChI=1S/C14H17BrN4O/c1-18-9-11(15)7-12(18)14(20)19-6-2-3-10(8-19)13-16-4-5-17-13/h4-5,7,9-10H,2-3,6,8H2,1H3,(H,16,17)/t10-/m1/s1. The van der Waals surface area contributed by atoms with E-state index in [4.69, 9.17) is 0 Å². The van der Waals surface area contributed by atoms with Gasteiger partial charge in [0, 0.05) is 49.1 Å². The van der Waals surface area contributed by atoms with Crippen molar-refractivity contribution in [2.45, 2.75) is 18.8 Å². The smallest absolute Gasteiger partial charge is 0.270 e. The molecule has 0 aliphatic carbocycles. The van der Waals surface area contributed by atoms with Gasteiger partial charge in [-0.3, -0.25) is 4.79 Å². The third kappa shape index (κ3) is 2.52. The average molecular weight is 337 g/mol. The number of aromatic amines is 1. The largest absolute Gasteiger partial charge is 0.348 e. The van der Waals surface area contributed by atoms with E-state index in [1.807, 2.05) is 35.0 Å². The molecular weight excluding hydrogens is 320 g/mol. The summed E-state index contributed by atoms with van der Waals surface area (Å²) in [4.78, 5) is 22.0. The second-order valence-electron chi connectivity index (χ2n) is 5.22. The van der Waals surface area contributed by atoms with Gasteiger partial charge in [0.05, 0.1) is 0 Å². The molecule has 1 N–H and O–H groups in total. The number of H-pyrrole nitrogens is 1. The van der Waals surface area contributed by atoms with Crippen LogP contribution in [0.2, 0.25) is 0 Å². The van der Waals surface area contributed by atoms with Gasteiger partial charge in [0.2, 0.25) is 0 Å². The molecule has 0 radical (unpaired) electrons. The highest BCUT2D eigenvalue weighted by Gasteiger charge is 2.27. The molecule has 2 aromatic heterocycles. The third-order valence-electron chi connectivity index (χ3n) is 3.81. The number of amides is 1. The summed E-state index contributed by atoms with van der Waals surface area (Å²) in [6, 6.07) is 1.87. The molecule has 3 heterocycles. The lowest BCUT2D eigenvalue weighted by Crippen LogP contribution is -2.40. The van der Waals surface area contributed by atoms with E-state index in [1.165, 1.54) is 0 Å². The minimum absolute atomic E-state index is 0.0921. The molecule has 0 aromatic carbocycles. The number of aryl methyl sites for hydroxylation is 1. The Balaban J connectivity index is 1.77. The Morgan fingerprint density at radius 3 is 3.05 bits per heavy atom. The predicted molar refractivity (Wildman–Crippen MR) is 79.6 cm³/mol. The number of carbonyl (C=O) groups excluding carboxylic acids is 1. The van der Waals surface area contributed by atoms with Crippen LogP contribution in [0, 0.1) is 0 Å². The van der Waals surface area contributed by atoms with Gasteiger partial charge in [-0.2, -0.15) is 0 Å². The highest BCUT2D eigenvalue weighted by molar-refractivity contribution is 9.10. The van der Waals surface area contributed by atoms with Crippen LogP contribution in [-0.4, -0.2) is 38.4 Å². The molecule has 106 valence electrons. The van der Waals surface area contributed by atoms with Crippen LogP contribution in [0.3, 0.4) is 0 Å². The first kappa shape index (κ1) is 13.4. The second kappa shape index (κ2) is 5.44. The van der Waals surface area contributed by atoms with Crippen molar-refractivity contribution in [3.8, 4) is 0 Å². The number of likely N-dealkylation sites (tertiary alicyclic amines) is 1. The Morgan fingerprint density at radius 2 is 2.40 bits per heavy atom. The number of aromatic nitrogens is 3. The first-order valence-corrected chi connectivity index (χ1v) is 7.55. The summed E-state index contributed by atoms with van der Waals surface area (Å²) < 4.78 is 2.80. The molecule has 1 saturated heterocycles. The fourth-order valence-electron chi connectivity index (χ4n) is 2.78. The number of nitrogens with zero attached hydrogens (tertiary/aromatic N) is 3. The molecular formula is C14H17BrN4O. The fourth-order valence-corrected chi connectivity index (χ4v) is 3.31. The van der Waals surface area contributed by atoms with Crippen molar-refractivity contribution in [3.63, 3.8) is 0 Å². The van der Waals surface area contributed by atoms with Gasteiger partial charge in [-0.15, -0.1) is 0 Å². The highest BCUT2D eigenvalue weighted by atomic mass is 79.9. The normalized spacial score (nSPS) is 19.3. The van der Waals surface area contributed by atoms with Gasteiger partial charge < -0.3 is 14.5 Å². The monoisotopic (exact) mass is 336 g/mol. The maximum Gasteiger partial charge on any atom is 0.270 e. The maximum absolute atomic E-state index is 12.6. The Bertz CT molecular complexity index is 605. The lowest BCUT2D eigenvalue weighted by molar-refractivity contribution is 0.0695. The summed E-state index contributed by atoms with van der Waals surface area (Å²) in [5.74, 6) is 1.39. The SMILES string of the molecule is Cn1cc(Br)cc1C(=O)N1CCC[C@@H](c2ncc[nH]2)C1. The predicted octanol–water partition coefficient (Wildman–Crippen LogP) is 2.53. The van der Waals surface area contributed by atoms with E-state index in [9.17, 15) is 4.79 Å². The van der Waals surface area contributed by atoms with Gasteiger partial charge >= 0.3 is 0 Å². The van der Waals surface area contributed by atoms with Crippen LogP contribution < -0.4 is 0 Å². The van der Waals surface area contributed by atoms with Crippen molar-refractivity contribution in [1.29, 1.82) is 0 Å². The van der Waals surface area contributed by atoms with Crippen molar-refractivity contribution >= 4 is 21.8 Å². The molecule has 1 atom stereocenters. The lowest BCUT2D eigenvalue weighted by atomic mass is 9.97. The summed E-state index contributed by atoms with van der Waals surface area (Å²) in [6.07, 6.45) is 7.60. The van der Waals surface area contributed by atoms with Crippen molar-refractivity contribution < 1.29 is 4.79 Å². The second-order valence-corrected chi connectivity index (χ2v) is 6.13. The van der Waals surface area contributed by atoms with Gasteiger partial charge in [-0.05, 0) is 34.8 Å². The summed E-state index contributed by atoms with van der Waals surface area (Å²) in [5.41, 5.74) is 0.719. The molecule has 0 spiro atoms. The number of rotatable bonds is 2. The van der Waals surface area contributed by atoms with Crippen molar-refractivity contribution in [1.82, 2.24) is 19.4 Å². The molecule has 1 aliphatic heterocycles. The number of piperidine rings is 1. The average Bonchev–Trinajstić information content (AvgIpc) is 3.08. The van der Waals surface area contributed by atoms with E-state index in [-0.39, 0.29) is 5.91 Å². The summed E-state index contributed by atoms with van der Waals surface area (Å²) in [6.45, 7) is 1.55. The summed E-state index contributed by atoms with van der Waals surface area (Å²) in [7, 11) is 1.89. The molecule has 1 amide bonds. The number of imidazole rings is 1. The summed E-state index contributed by atoms with van der Waals surface area (Å²) in [5, 5.41) is 0. The van der Waals surface area contributed by atoms with Gasteiger partial charge in [-0.25, -0.2) is 4.98 Å². The van der Waals surface area contributed by atoms with Crippen molar-refractivity contribution in [2.24, 2.45) is 7.05 Å². The minimum Gasteiger partial charge on any atom is -0.348 e. The number of halogens is 1. The first-order chi connectivity index (χ1) is 9.65. The molecule has 1 aliphatic rings. The van der Waals surface area contributed by atoms with Gasteiger partial charge in [0.15, 0.2) is 0 Å². The molecule has 1 fully saturated rings. The minimum atomic E-state index is 0.0921. The van der Waals surface area contributed by atoms with Crippen LogP contribution in [0.25, 0.3) is 0 Å². The molecule has 5 nitrogen and oxygen atoms in total. The van der Waals surface area contributed by atoms with E-state index in [0.29, 0.717) is 5.92 Å². The van der Waals surface area contributed by atoms with Crippen LogP contribution >= 0.6 is 15.9 Å². The van der Waals surface area contributed by atoms with E-state index in [1.54, 1.807) is 6.20 Å². The number of carbonyl (C=O) groups is 1. The van der Waals surface area contributed by atoms with Crippen molar-refractivity contribution in [3.05, 3.63) is 40.6 Å². The van der Waals surface area contributed by atoms with Crippen LogP contribution in [-0.2, 0) is 7.05 Å². The van der Waals surface area contributed by atoms with E-state index in [2.05, 4.69) is 25.9 Å². The van der Waals surface area contributed by atoms with Crippen LogP contribution in [0.1, 0.15) is 35.1 Å². The Morgan fingerprint density at radius 1 is 1.55 bits per heavy atom. The van der Waals surface area contributed by atoms with Gasteiger partial charge in [0.1, 0.15) is 11.5 Å². The molecule has 0 unspecified atom stereocenters. The maximum atomic E-state index is 12.6. The lowest BCUT2D eigenvalue weighted by Gasteiger charge is -2.31. The van der Waals surface area contributed by atoms with Gasteiger partial charge in [-0.1, -0.05) is 0 Å². The molecule has 2 aromatic rings.